The Bertz CT molecular complexity index is 655. The third-order valence-electron chi connectivity index (χ3n) is 2.78. The Balaban J connectivity index is 2.70. The lowest BCUT2D eigenvalue weighted by Crippen LogP contribution is -1.86. The average molecular weight is 261 g/mol. The largest absolute Gasteiger partial charge is 0.342 e. The van der Waals surface area contributed by atoms with Gasteiger partial charge in [-0.3, -0.25) is 4.98 Å². The first-order valence-corrected chi connectivity index (χ1v) is 5.55. The maximum atomic E-state index is 4.20. The van der Waals surface area contributed by atoms with E-state index in [2.05, 4.69) is 56.8 Å². The van der Waals surface area contributed by atoms with Gasteiger partial charge in [-0.1, -0.05) is 18.2 Å². The topological polar surface area (TPSA) is 17.8 Å². The summed E-state index contributed by atoms with van der Waals surface area (Å²) in [6.07, 6.45) is 3.74. The summed E-state index contributed by atoms with van der Waals surface area (Å²) in [7, 11) is 2.07. The van der Waals surface area contributed by atoms with Crippen LogP contribution in [0.3, 0.4) is 0 Å². The van der Waals surface area contributed by atoms with Crippen molar-refractivity contribution in [2.75, 3.05) is 0 Å². The van der Waals surface area contributed by atoms with Crippen LogP contribution in [0.1, 0.15) is 0 Å². The monoisotopic (exact) mass is 260 g/mol. The Labute approximate surface area is 95.7 Å². The van der Waals surface area contributed by atoms with Crippen LogP contribution in [-0.2, 0) is 7.05 Å². The average Bonchev–Trinajstić information content (AvgIpc) is 2.55. The number of halogens is 1. The van der Waals surface area contributed by atoms with Crippen molar-refractivity contribution in [1.82, 2.24) is 9.55 Å². The SMILES string of the molecule is Cn1c2ccccc2c2c(Br)cncc21. The highest BCUT2D eigenvalue weighted by molar-refractivity contribution is 9.10. The highest BCUT2D eigenvalue weighted by atomic mass is 79.9. The van der Waals surface area contributed by atoms with Gasteiger partial charge in [0.2, 0.25) is 0 Å². The van der Waals surface area contributed by atoms with Crippen LogP contribution >= 0.6 is 15.9 Å². The predicted molar refractivity (Wildman–Crippen MR) is 65.9 cm³/mol. The quantitative estimate of drug-likeness (QED) is 0.605. The number of pyridine rings is 1. The molecule has 2 aromatic heterocycles. The molecule has 0 atom stereocenters. The van der Waals surface area contributed by atoms with E-state index in [9.17, 15) is 0 Å². The zero-order valence-corrected chi connectivity index (χ0v) is 9.82. The first-order valence-electron chi connectivity index (χ1n) is 4.75. The lowest BCUT2D eigenvalue weighted by molar-refractivity contribution is 1.01. The summed E-state index contributed by atoms with van der Waals surface area (Å²) >= 11 is 3.56. The third-order valence-corrected chi connectivity index (χ3v) is 3.38. The summed E-state index contributed by atoms with van der Waals surface area (Å²) in [5.41, 5.74) is 2.40. The van der Waals surface area contributed by atoms with E-state index in [1.54, 1.807) is 0 Å². The molecule has 2 heterocycles. The molecule has 0 aliphatic heterocycles. The molecule has 3 rings (SSSR count). The van der Waals surface area contributed by atoms with Gasteiger partial charge in [-0.15, -0.1) is 0 Å². The number of fused-ring (bicyclic) bond motifs is 3. The second-order valence-corrected chi connectivity index (χ2v) is 4.45. The Kier molecular flexibility index (Phi) is 1.83. The number of para-hydroxylation sites is 1. The maximum Gasteiger partial charge on any atom is 0.0686 e. The summed E-state index contributed by atoms with van der Waals surface area (Å²) in [5.74, 6) is 0. The smallest absolute Gasteiger partial charge is 0.0686 e. The van der Waals surface area contributed by atoms with E-state index in [0.717, 1.165) is 9.99 Å². The lowest BCUT2D eigenvalue weighted by atomic mass is 10.2. The Hall–Kier alpha value is -1.35. The fourth-order valence-electron chi connectivity index (χ4n) is 2.05. The minimum atomic E-state index is 1.05. The second kappa shape index (κ2) is 3.07. The van der Waals surface area contributed by atoms with Crippen LogP contribution in [0, 0.1) is 0 Å². The Morgan fingerprint density at radius 1 is 1.13 bits per heavy atom. The van der Waals surface area contributed by atoms with Crippen LogP contribution < -0.4 is 0 Å². The molecule has 0 unspecified atom stereocenters. The second-order valence-electron chi connectivity index (χ2n) is 3.59. The molecule has 0 saturated carbocycles. The summed E-state index contributed by atoms with van der Waals surface area (Å²) in [6.45, 7) is 0. The van der Waals surface area contributed by atoms with E-state index >= 15 is 0 Å². The molecule has 15 heavy (non-hydrogen) atoms. The van der Waals surface area contributed by atoms with Crippen LogP contribution in [0.25, 0.3) is 21.8 Å². The van der Waals surface area contributed by atoms with Gasteiger partial charge in [-0.2, -0.15) is 0 Å². The summed E-state index contributed by atoms with van der Waals surface area (Å²) in [6, 6.07) is 8.39. The van der Waals surface area contributed by atoms with Crippen molar-refractivity contribution in [1.29, 1.82) is 0 Å². The van der Waals surface area contributed by atoms with Crippen molar-refractivity contribution in [3.8, 4) is 0 Å². The minimum absolute atomic E-state index is 1.05. The number of hydrogen-bond donors (Lipinski definition) is 0. The molecule has 0 bridgehead atoms. The van der Waals surface area contributed by atoms with Crippen LogP contribution in [0.15, 0.2) is 41.1 Å². The molecule has 3 heteroatoms. The van der Waals surface area contributed by atoms with Crippen LogP contribution in [0.2, 0.25) is 0 Å². The summed E-state index contributed by atoms with van der Waals surface area (Å²) < 4.78 is 3.22. The fraction of sp³-hybridized carbons (Fsp3) is 0.0833. The molecule has 0 aliphatic carbocycles. The number of nitrogens with zero attached hydrogens (tertiary/aromatic N) is 2. The molecule has 0 radical (unpaired) electrons. The van der Waals surface area contributed by atoms with Crippen molar-refractivity contribution < 1.29 is 0 Å². The zero-order valence-electron chi connectivity index (χ0n) is 8.24. The molecule has 0 saturated heterocycles. The van der Waals surface area contributed by atoms with Crippen molar-refractivity contribution in [2.24, 2.45) is 7.05 Å². The predicted octanol–water partition coefficient (Wildman–Crippen LogP) is 3.49. The van der Waals surface area contributed by atoms with E-state index in [-0.39, 0.29) is 0 Å². The highest BCUT2D eigenvalue weighted by Crippen LogP contribution is 2.32. The van der Waals surface area contributed by atoms with E-state index in [4.69, 9.17) is 0 Å². The molecule has 74 valence electrons. The normalized spacial score (nSPS) is 11.3. The maximum absolute atomic E-state index is 4.20. The fourth-order valence-corrected chi connectivity index (χ4v) is 2.59. The number of hydrogen-bond acceptors (Lipinski definition) is 1. The van der Waals surface area contributed by atoms with Crippen LogP contribution in [-0.4, -0.2) is 9.55 Å². The Morgan fingerprint density at radius 3 is 2.80 bits per heavy atom. The van der Waals surface area contributed by atoms with E-state index in [1.165, 1.54) is 16.3 Å². The van der Waals surface area contributed by atoms with Crippen molar-refractivity contribution in [3.63, 3.8) is 0 Å². The first-order chi connectivity index (χ1) is 7.29. The van der Waals surface area contributed by atoms with Gasteiger partial charge in [-0.05, 0) is 22.0 Å². The van der Waals surface area contributed by atoms with Crippen LogP contribution in [0.5, 0.6) is 0 Å². The van der Waals surface area contributed by atoms with Crippen molar-refractivity contribution in [3.05, 3.63) is 41.1 Å². The molecule has 0 amide bonds. The molecule has 0 fully saturated rings. The van der Waals surface area contributed by atoms with Gasteiger partial charge in [0.1, 0.15) is 0 Å². The van der Waals surface area contributed by atoms with Crippen molar-refractivity contribution >= 4 is 37.7 Å². The van der Waals surface area contributed by atoms with E-state index < -0.39 is 0 Å². The molecule has 3 aromatic rings. The molecule has 0 spiro atoms. The molecule has 1 aromatic carbocycles. The first kappa shape index (κ1) is 8.92. The van der Waals surface area contributed by atoms with Gasteiger partial charge >= 0.3 is 0 Å². The lowest BCUT2D eigenvalue weighted by Gasteiger charge is -1.96. The van der Waals surface area contributed by atoms with E-state index in [1.807, 2.05) is 12.4 Å². The van der Waals surface area contributed by atoms with E-state index in [0.29, 0.717) is 0 Å². The minimum Gasteiger partial charge on any atom is -0.342 e. The van der Waals surface area contributed by atoms with Gasteiger partial charge in [0.25, 0.3) is 0 Å². The van der Waals surface area contributed by atoms with Crippen LogP contribution in [0.4, 0.5) is 0 Å². The van der Waals surface area contributed by atoms with Crippen molar-refractivity contribution in [2.45, 2.75) is 0 Å². The highest BCUT2D eigenvalue weighted by Gasteiger charge is 2.09. The molecule has 0 aliphatic rings. The zero-order chi connectivity index (χ0) is 10.4. The third kappa shape index (κ3) is 1.13. The molecule has 0 N–H and O–H groups in total. The summed E-state index contributed by atoms with van der Waals surface area (Å²) in [4.78, 5) is 4.20. The van der Waals surface area contributed by atoms with Gasteiger partial charge in [-0.25, -0.2) is 0 Å². The Morgan fingerprint density at radius 2 is 1.93 bits per heavy atom. The van der Waals surface area contributed by atoms with Gasteiger partial charge in [0.05, 0.1) is 11.7 Å². The molecular formula is C12H9BrN2. The standard InChI is InChI=1S/C12H9BrN2/c1-15-10-5-3-2-4-8(10)12-9(13)6-14-7-11(12)15/h2-7H,1H3. The van der Waals surface area contributed by atoms with Gasteiger partial charge < -0.3 is 4.57 Å². The van der Waals surface area contributed by atoms with Gasteiger partial charge in [0, 0.05) is 34.0 Å². The number of aromatic nitrogens is 2. The summed E-state index contributed by atoms with van der Waals surface area (Å²) in [5, 5.41) is 2.51. The molecular weight excluding hydrogens is 252 g/mol. The molecule has 2 nitrogen and oxygen atoms in total. The van der Waals surface area contributed by atoms with Gasteiger partial charge in [0.15, 0.2) is 0 Å². The number of benzene rings is 1. The number of aryl methyl sites for hydroxylation is 1. The number of rotatable bonds is 0.